The summed E-state index contributed by atoms with van der Waals surface area (Å²) in [7, 11) is 0. The first-order chi connectivity index (χ1) is 10.1. The third-order valence-corrected chi connectivity index (χ3v) is 4.24. The average Bonchev–Trinajstić information content (AvgIpc) is 3.06. The molecule has 120 valence electrons. The van der Waals surface area contributed by atoms with Crippen LogP contribution in [0, 0.1) is 6.92 Å². The highest BCUT2D eigenvalue weighted by molar-refractivity contribution is 5.86. The molecule has 1 aliphatic rings. The SMILES string of the molecule is Cc1cccc2oc(CCNC(=O)C3(N)CCCC3)nc12.Cl. The lowest BCUT2D eigenvalue weighted by Crippen LogP contribution is -2.52. The molecule has 22 heavy (non-hydrogen) atoms. The number of oxazole rings is 1. The smallest absolute Gasteiger partial charge is 0.240 e. The highest BCUT2D eigenvalue weighted by atomic mass is 35.5. The predicted molar refractivity (Wildman–Crippen MR) is 88.1 cm³/mol. The van der Waals surface area contributed by atoms with Gasteiger partial charge >= 0.3 is 0 Å². The molecule has 0 bridgehead atoms. The molecule has 1 fully saturated rings. The Labute approximate surface area is 136 Å². The molecule has 0 spiro atoms. The molecule has 1 amide bonds. The average molecular weight is 324 g/mol. The number of aromatic nitrogens is 1. The van der Waals surface area contributed by atoms with Crippen molar-refractivity contribution in [3.8, 4) is 0 Å². The summed E-state index contributed by atoms with van der Waals surface area (Å²) in [4.78, 5) is 16.6. The van der Waals surface area contributed by atoms with E-state index in [1.807, 2.05) is 25.1 Å². The normalized spacial score (nSPS) is 16.5. The lowest BCUT2D eigenvalue weighted by molar-refractivity contribution is -0.126. The van der Waals surface area contributed by atoms with E-state index in [4.69, 9.17) is 10.2 Å². The van der Waals surface area contributed by atoms with E-state index in [-0.39, 0.29) is 18.3 Å². The third kappa shape index (κ3) is 3.25. The molecular weight excluding hydrogens is 302 g/mol. The van der Waals surface area contributed by atoms with Gasteiger partial charge in [-0.3, -0.25) is 4.79 Å². The topological polar surface area (TPSA) is 81.2 Å². The molecule has 0 unspecified atom stereocenters. The van der Waals surface area contributed by atoms with Crippen molar-refractivity contribution in [1.82, 2.24) is 10.3 Å². The molecule has 0 aliphatic heterocycles. The summed E-state index contributed by atoms with van der Waals surface area (Å²) in [6.07, 6.45) is 4.21. The van der Waals surface area contributed by atoms with Gasteiger partial charge < -0.3 is 15.5 Å². The van der Waals surface area contributed by atoms with Gasteiger partial charge in [-0.15, -0.1) is 12.4 Å². The molecule has 0 radical (unpaired) electrons. The van der Waals surface area contributed by atoms with Gasteiger partial charge in [-0.25, -0.2) is 4.98 Å². The molecule has 2 aromatic rings. The van der Waals surface area contributed by atoms with E-state index in [0.717, 1.165) is 42.3 Å². The highest BCUT2D eigenvalue weighted by Crippen LogP contribution is 2.27. The van der Waals surface area contributed by atoms with Crippen LogP contribution in [0.3, 0.4) is 0 Å². The van der Waals surface area contributed by atoms with Crippen LogP contribution in [0.15, 0.2) is 22.6 Å². The van der Waals surface area contributed by atoms with E-state index in [9.17, 15) is 4.79 Å². The number of nitrogens with one attached hydrogen (secondary N) is 1. The van der Waals surface area contributed by atoms with E-state index >= 15 is 0 Å². The van der Waals surface area contributed by atoms with Crippen molar-refractivity contribution < 1.29 is 9.21 Å². The van der Waals surface area contributed by atoms with Crippen LogP contribution in [-0.4, -0.2) is 23.0 Å². The van der Waals surface area contributed by atoms with Crippen LogP contribution in [0.1, 0.15) is 37.1 Å². The van der Waals surface area contributed by atoms with Crippen molar-refractivity contribution in [2.45, 2.75) is 44.6 Å². The first kappa shape index (κ1) is 16.8. The van der Waals surface area contributed by atoms with E-state index in [1.165, 1.54) is 0 Å². The summed E-state index contributed by atoms with van der Waals surface area (Å²) in [6, 6.07) is 5.87. The second-order valence-electron chi connectivity index (χ2n) is 5.90. The Morgan fingerprint density at radius 1 is 1.41 bits per heavy atom. The molecule has 3 rings (SSSR count). The molecule has 1 aliphatic carbocycles. The van der Waals surface area contributed by atoms with Crippen LogP contribution in [0.4, 0.5) is 0 Å². The standard InChI is InChI=1S/C16H21N3O2.ClH/c1-11-5-4-6-12-14(11)19-13(21-12)7-10-18-15(20)16(17)8-2-3-9-16;/h4-6H,2-3,7-10,17H2,1H3,(H,18,20);1H. The van der Waals surface area contributed by atoms with Gasteiger partial charge in [0.1, 0.15) is 5.52 Å². The van der Waals surface area contributed by atoms with Crippen LogP contribution in [0.2, 0.25) is 0 Å². The number of amides is 1. The predicted octanol–water partition coefficient (Wildman–Crippen LogP) is 2.49. The van der Waals surface area contributed by atoms with Gasteiger partial charge in [0.25, 0.3) is 0 Å². The lowest BCUT2D eigenvalue weighted by atomic mass is 9.98. The maximum absolute atomic E-state index is 12.1. The maximum Gasteiger partial charge on any atom is 0.240 e. The number of carbonyl (C=O) groups excluding carboxylic acids is 1. The van der Waals surface area contributed by atoms with Crippen molar-refractivity contribution in [2.75, 3.05) is 6.54 Å². The molecule has 6 heteroatoms. The summed E-state index contributed by atoms with van der Waals surface area (Å²) in [6.45, 7) is 2.51. The largest absolute Gasteiger partial charge is 0.441 e. The second-order valence-corrected chi connectivity index (χ2v) is 5.90. The summed E-state index contributed by atoms with van der Waals surface area (Å²) >= 11 is 0. The highest BCUT2D eigenvalue weighted by Gasteiger charge is 2.36. The van der Waals surface area contributed by atoms with Gasteiger partial charge in [0.2, 0.25) is 5.91 Å². The Morgan fingerprint density at radius 3 is 2.82 bits per heavy atom. The first-order valence-corrected chi connectivity index (χ1v) is 7.51. The van der Waals surface area contributed by atoms with Gasteiger partial charge in [0, 0.05) is 13.0 Å². The van der Waals surface area contributed by atoms with E-state index in [0.29, 0.717) is 18.9 Å². The number of halogens is 1. The molecule has 0 atom stereocenters. The zero-order chi connectivity index (χ0) is 14.9. The number of rotatable bonds is 4. The van der Waals surface area contributed by atoms with Gasteiger partial charge in [-0.1, -0.05) is 25.0 Å². The van der Waals surface area contributed by atoms with Crippen molar-refractivity contribution in [3.63, 3.8) is 0 Å². The fourth-order valence-electron chi connectivity index (χ4n) is 2.93. The van der Waals surface area contributed by atoms with Gasteiger partial charge in [0.15, 0.2) is 11.5 Å². The minimum Gasteiger partial charge on any atom is -0.441 e. The van der Waals surface area contributed by atoms with Gasteiger partial charge in [-0.05, 0) is 31.4 Å². The monoisotopic (exact) mass is 323 g/mol. The number of carbonyl (C=O) groups is 1. The Balaban J connectivity index is 0.00000176. The zero-order valence-electron chi connectivity index (χ0n) is 12.7. The Morgan fingerprint density at radius 2 is 2.14 bits per heavy atom. The first-order valence-electron chi connectivity index (χ1n) is 7.51. The Bertz CT molecular complexity index is 662. The molecule has 0 saturated heterocycles. The van der Waals surface area contributed by atoms with Crippen LogP contribution in [0.25, 0.3) is 11.1 Å². The number of benzene rings is 1. The fraction of sp³-hybridized carbons (Fsp3) is 0.500. The number of aryl methyl sites for hydroxylation is 1. The third-order valence-electron chi connectivity index (χ3n) is 4.24. The summed E-state index contributed by atoms with van der Waals surface area (Å²) in [5, 5.41) is 2.91. The molecule has 1 aromatic carbocycles. The van der Waals surface area contributed by atoms with Crippen molar-refractivity contribution in [1.29, 1.82) is 0 Å². The number of nitrogens with two attached hydrogens (primary N) is 1. The van der Waals surface area contributed by atoms with Crippen LogP contribution in [0.5, 0.6) is 0 Å². The van der Waals surface area contributed by atoms with Crippen molar-refractivity contribution >= 4 is 29.4 Å². The molecule has 3 N–H and O–H groups in total. The van der Waals surface area contributed by atoms with E-state index < -0.39 is 5.54 Å². The summed E-state index contributed by atoms with van der Waals surface area (Å²) in [5.41, 5.74) is 8.23. The van der Waals surface area contributed by atoms with Gasteiger partial charge in [0.05, 0.1) is 5.54 Å². The number of para-hydroxylation sites is 1. The Hall–Kier alpha value is -1.59. The maximum atomic E-state index is 12.1. The van der Waals surface area contributed by atoms with Crippen LogP contribution in [-0.2, 0) is 11.2 Å². The number of hydrogen-bond acceptors (Lipinski definition) is 4. The van der Waals surface area contributed by atoms with Crippen molar-refractivity contribution in [2.24, 2.45) is 5.73 Å². The summed E-state index contributed by atoms with van der Waals surface area (Å²) in [5.74, 6) is 0.601. The minimum atomic E-state index is -0.669. The number of fused-ring (bicyclic) bond motifs is 1. The number of nitrogens with zero attached hydrogens (tertiary/aromatic N) is 1. The summed E-state index contributed by atoms with van der Waals surface area (Å²) < 4.78 is 5.69. The molecular formula is C16H22ClN3O2. The second kappa shape index (κ2) is 6.67. The van der Waals surface area contributed by atoms with E-state index in [1.54, 1.807) is 0 Å². The van der Waals surface area contributed by atoms with E-state index in [2.05, 4.69) is 10.3 Å². The quantitative estimate of drug-likeness (QED) is 0.905. The molecule has 1 heterocycles. The minimum absolute atomic E-state index is 0. The zero-order valence-corrected chi connectivity index (χ0v) is 13.5. The van der Waals surface area contributed by atoms with Crippen LogP contribution >= 0.6 is 12.4 Å². The van der Waals surface area contributed by atoms with Gasteiger partial charge in [-0.2, -0.15) is 0 Å². The Kier molecular flexibility index (Phi) is 5.08. The lowest BCUT2D eigenvalue weighted by Gasteiger charge is -2.21. The molecule has 1 saturated carbocycles. The van der Waals surface area contributed by atoms with Crippen molar-refractivity contribution in [3.05, 3.63) is 29.7 Å². The molecule has 1 aromatic heterocycles. The van der Waals surface area contributed by atoms with Crippen LogP contribution < -0.4 is 11.1 Å². The molecule has 5 nitrogen and oxygen atoms in total. The fourth-order valence-corrected chi connectivity index (χ4v) is 2.93. The number of hydrogen-bond donors (Lipinski definition) is 2.